The summed E-state index contributed by atoms with van der Waals surface area (Å²) in [5.41, 5.74) is 8.02. The number of benzene rings is 1. The van der Waals surface area contributed by atoms with Gasteiger partial charge in [-0.25, -0.2) is 0 Å². The summed E-state index contributed by atoms with van der Waals surface area (Å²) in [5.74, 6) is -0.0495. The first-order chi connectivity index (χ1) is 9.11. The molecule has 19 heavy (non-hydrogen) atoms. The van der Waals surface area contributed by atoms with Crippen LogP contribution in [0.3, 0.4) is 0 Å². The van der Waals surface area contributed by atoms with Crippen molar-refractivity contribution in [2.45, 2.75) is 19.8 Å². The quantitative estimate of drug-likeness (QED) is 0.787. The second-order valence-corrected chi connectivity index (χ2v) is 4.66. The normalized spacial score (nSPS) is 14.2. The highest BCUT2D eigenvalue weighted by Gasteiger charge is 2.24. The summed E-state index contributed by atoms with van der Waals surface area (Å²) in [4.78, 5) is 25.4. The molecular weight excluding hydrogens is 242 g/mol. The molecule has 0 saturated heterocycles. The smallest absolute Gasteiger partial charge is 0.254 e. The highest BCUT2D eigenvalue weighted by atomic mass is 16.2. The third-order valence-electron chi connectivity index (χ3n) is 3.29. The van der Waals surface area contributed by atoms with E-state index < -0.39 is 0 Å². The Morgan fingerprint density at radius 3 is 3.00 bits per heavy atom. The average molecular weight is 261 g/mol. The van der Waals surface area contributed by atoms with Crippen LogP contribution in [0.5, 0.6) is 0 Å². The van der Waals surface area contributed by atoms with Crippen molar-refractivity contribution in [1.29, 1.82) is 0 Å². The Morgan fingerprint density at radius 2 is 2.26 bits per heavy atom. The van der Waals surface area contributed by atoms with Crippen LogP contribution in [0.15, 0.2) is 18.2 Å². The molecule has 102 valence electrons. The highest BCUT2D eigenvalue weighted by Crippen LogP contribution is 2.21. The summed E-state index contributed by atoms with van der Waals surface area (Å²) in [5, 5.41) is 2.73. The van der Waals surface area contributed by atoms with Crippen molar-refractivity contribution < 1.29 is 9.59 Å². The minimum Gasteiger partial charge on any atom is -0.399 e. The lowest BCUT2D eigenvalue weighted by molar-refractivity contribution is -0.121. The van der Waals surface area contributed by atoms with Crippen molar-refractivity contribution in [3.05, 3.63) is 29.3 Å². The minimum absolute atomic E-state index is 0.0197. The van der Waals surface area contributed by atoms with E-state index in [4.69, 9.17) is 5.73 Å². The van der Waals surface area contributed by atoms with Crippen LogP contribution in [0.2, 0.25) is 0 Å². The number of carbonyl (C=O) groups excluding carboxylic acids is 2. The van der Waals surface area contributed by atoms with Gasteiger partial charge in [0.15, 0.2) is 0 Å². The molecule has 5 heteroatoms. The van der Waals surface area contributed by atoms with Gasteiger partial charge in [0.2, 0.25) is 5.91 Å². The predicted molar refractivity (Wildman–Crippen MR) is 73.8 cm³/mol. The van der Waals surface area contributed by atoms with E-state index in [0.29, 0.717) is 37.3 Å². The van der Waals surface area contributed by atoms with Crippen LogP contribution in [-0.2, 0) is 11.2 Å². The molecule has 0 aromatic heterocycles. The summed E-state index contributed by atoms with van der Waals surface area (Å²) < 4.78 is 0. The standard InChI is InChI=1S/C14H19N3O2/c1-2-16-13(18)6-8-17-7-5-10-3-4-11(15)9-12(10)14(17)19/h3-4,9H,2,5-8,15H2,1H3,(H,16,18). The number of carbonyl (C=O) groups is 2. The first kappa shape index (κ1) is 13.4. The maximum atomic E-state index is 12.3. The number of rotatable bonds is 4. The Labute approximate surface area is 112 Å². The lowest BCUT2D eigenvalue weighted by Gasteiger charge is -2.28. The van der Waals surface area contributed by atoms with Crippen LogP contribution in [0, 0.1) is 0 Å². The zero-order valence-corrected chi connectivity index (χ0v) is 11.1. The maximum Gasteiger partial charge on any atom is 0.254 e. The number of nitrogens with one attached hydrogen (secondary N) is 1. The number of anilines is 1. The number of hydrogen-bond donors (Lipinski definition) is 2. The van der Waals surface area contributed by atoms with Gasteiger partial charge in [-0.15, -0.1) is 0 Å². The first-order valence-corrected chi connectivity index (χ1v) is 6.56. The van der Waals surface area contributed by atoms with Crippen LogP contribution >= 0.6 is 0 Å². The number of fused-ring (bicyclic) bond motifs is 1. The maximum absolute atomic E-state index is 12.3. The molecule has 0 saturated carbocycles. The Balaban J connectivity index is 2.03. The molecule has 0 radical (unpaired) electrons. The van der Waals surface area contributed by atoms with Gasteiger partial charge in [-0.3, -0.25) is 9.59 Å². The van der Waals surface area contributed by atoms with Gasteiger partial charge >= 0.3 is 0 Å². The van der Waals surface area contributed by atoms with E-state index in [2.05, 4.69) is 5.32 Å². The number of amides is 2. The van der Waals surface area contributed by atoms with Crippen LogP contribution in [-0.4, -0.2) is 36.3 Å². The van der Waals surface area contributed by atoms with Gasteiger partial charge in [0.05, 0.1) is 0 Å². The SMILES string of the molecule is CCNC(=O)CCN1CCc2ccc(N)cc2C1=O. The predicted octanol–water partition coefficient (Wildman–Crippen LogP) is 0.793. The number of nitrogens with two attached hydrogens (primary N) is 1. The summed E-state index contributed by atoms with van der Waals surface area (Å²) in [7, 11) is 0. The Bertz CT molecular complexity index is 499. The van der Waals surface area contributed by atoms with Gasteiger partial charge in [0, 0.05) is 37.3 Å². The van der Waals surface area contributed by atoms with Crippen molar-refractivity contribution in [3.8, 4) is 0 Å². The van der Waals surface area contributed by atoms with Crippen molar-refractivity contribution in [1.82, 2.24) is 10.2 Å². The van der Waals surface area contributed by atoms with Gasteiger partial charge in [-0.2, -0.15) is 0 Å². The van der Waals surface area contributed by atoms with Crippen LogP contribution < -0.4 is 11.1 Å². The molecule has 1 aliphatic heterocycles. The van der Waals surface area contributed by atoms with Crippen molar-refractivity contribution in [2.24, 2.45) is 0 Å². The van der Waals surface area contributed by atoms with E-state index in [-0.39, 0.29) is 11.8 Å². The molecule has 1 aliphatic rings. The fourth-order valence-electron chi connectivity index (χ4n) is 2.27. The van der Waals surface area contributed by atoms with Gasteiger partial charge in [-0.1, -0.05) is 6.07 Å². The molecular formula is C14H19N3O2. The lowest BCUT2D eigenvalue weighted by atomic mass is 9.98. The molecule has 1 aromatic rings. The van der Waals surface area contributed by atoms with E-state index in [0.717, 1.165) is 12.0 Å². The molecule has 2 rings (SSSR count). The summed E-state index contributed by atoms with van der Waals surface area (Å²) in [6, 6.07) is 5.44. The zero-order chi connectivity index (χ0) is 13.8. The van der Waals surface area contributed by atoms with E-state index in [9.17, 15) is 9.59 Å². The van der Waals surface area contributed by atoms with E-state index in [1.807, 2.05) is 19.1 Å². The molecule has 3 N–H and O–H groups in total. The molecule has 0 fully saturated rings. The van der Waals surface area contributed by atoms with Crippen molar-refractivity contribution >= 4 is 17.5 Å². The van der Waals surface area contributed by atoms with Crippen LogP contribution in [0.4, 0.5) is 5.69 Å². The largest absolute Gasteiger partial charge is 0.399 e. The second kappa shape index (κ2) is 5.73. The van der Waals surface area contributed by atoms with Gasteiger partial charge in [0.25, 0.3) is 5.91 Å². The Morgan fingerprint density at radius 1 is 1.47 bits per heavy atom. The fourth-order valence-corrected chi connectivity index (χ4v) is 2.27. The molecule has 5 nitrogen and oxygen atoms in total. The first-order valence-electron chi connectivity index (χ1n) is 6.56. The van der Waals surface area contributed by atoms with Crippen LogP contribution in [0.1, 0.15) is 29.3 Å². The van der Waals surface area contributed by atoms with Crippen molar-refractivity contribution in [2.75, 3.05) is 25.4 Å². The third-order valence-corrected chi connectivity index (χ3v) is 3.29. The Hall–Kier alpha value is -2.04. The van der Waals surface area contributed by atoms with Crippen molar-refractivity contribution in [3.63, 3.8) is 0 Å². The molecule has 2 amide bonds. The molecule has 1 aromatic carbocycles. The van der Waals surface area contributed by atoms with E-state index in [1.54, 1.807) is 11.0 Å². The second-order valence-electron chi connectivity index (χ2n) is 4.66. The minimum atomic E-state index is -0.0298. The Kier molecular flexibility index (Phi) is 4.04. The molecule has 0 unspecified atom stereocenters. The molecule has 1 heterocycles. The summed E-state index contributed by atoms with van der Waals surface area (Å²) >= 11 is 0. The molecule has 0 atom stereocenters. The average Bonchev–Trinajstić information content (AvgIpc) is 2.39. The zero-order valence-electron chi connectivity index (χ0n) is 11.1. The van der Waals surface area contributed by atoms with E-state index in [1.165, 1.54) is 0 Å². The molecule has 0 spiro atoms. The number of hydrogen-bond acceptors (Lipinski definition) is 3. The topological polar surface area (TPSA) is 75.4 Å². The fraction of sp³-hybridized carbons (Fsp3) is 0.429. The summed E-state index contributed by atoms with van der Waals surface area (Å²) in [6.45, 7) is 3.61. The highest BCUT2D eigenvalue weighted by molar-refractivity contribution is 5.97. The van der Waals surface area contributed by atoms with Gasteiger partial charge in [0.1, 0.15) is 0 Å². The molecule has 0 aliphatic carbocycles. The van der Waals surface area contributed by atoms with Gasteiger partial charge < -0.3 is 16.0 Å². The monoisotopic (exact) mass is 261 g/mol. The van der Waals surface area contributed by atoms with Gasteiger partial charge in [-0.05, 0) is 31.0 Å². The number of nitrogens with zero attached hydrogens (tertiary/aromatic N) is 1. The lowest BCUT2D eigenvalue weighted by Crippen LogP contribution is -2.40. The van der Waals surface area contributed by atoms with E-state index >= 15 is 0 Å². The summed E-state index contributed by atoms with van der Waals surface area (Å²) in [6.07, 6.45) is 1.16. The van der Waals surface area contributed by atoms with Crippen LogP contribution in [0.25, 0.3) is 0 Å². The molecule has 0 bridgehead atoms. The third kappa shape index (κ3) is 3.05. The number of nitrogen functional groups attached to an aromatic ring is 1.